The molecule has 0 aliphatic heterocycles. The summed E-state index contributed by atoms with van der Waals surface area (Å²) in [7, 11) is 0. The standard InChI is InChI=1S/C9H8BrF2N3/c10-4-5-3-6(14)7(1-2-13)15-8(5)9(11)12/h3,9H,1,4,14H2. The highest BCUT2D eigenvalue weighted by Gasteiger charge is 2.16. The number of nitrogen functional groups attached to an aromatic ring is 1. The lowest BCUT2D eigenvalue weighted by atomic mass is 10.1. The van der Waals surface area contributed by atoms with Crippen LogP contribution in [0.25, 0.3) is 0 Å². The fraction of sp³-hybridized carbons (Fsp3) is 0.333. The Bertz CT molecular complexity index is 401. The highest BCUT2D eigenvalue weighted by atomic mass is 79.9. The summed E-state index contributed by atoms with van der Waals surface area (Å²) in [6.45, 7) is 0. The quantitative estimate of drug-likeness (QED) is 0.863. The minimum absolute atomic E-state index is 0.0614. The van der Waals surface area contributed by atoms with E-state index in [4.69, 9.17) is 11.0 Å². The van der Waals surface area contributed by atoms with Crippen molar-refractivity contribution in [1.82, 2.24) is 4.98 Å². The molecule has 0 fully saturated rings. The Kier molecular flexibility index (Phi) is 3.97. The van der Waals surface area contributed by atoms with Crippen molar-refractivity contribution in [2.75, 3.05) is 5.73 Å². The van der Waals surface area contributed by atoms with E-state index in [1.165, 1.54) is 6.07 Å². The number of anilines is 1. The summed E-state index contributed by atoms with van der Waals surface area (Å²) < 4.78 is 25.1. The van der Waals surface area contributed by atoms with Crippen LogP contribution in [0.3, 0.4) is 0 Å². The molecule has 0 spiro atoms. The van der Waals surface area contributed by atoms with Crippen molar-refractivity contribution in [3.63, 3.8) is 0 Å². The lowest BCUT2D eigenvalue weighted by Crippen LogP contribution is -2.05. The smallest absolute Gasteiger partial charge is 0.280 e. The monoisotopic (exact) mass is 275 g/mol. The molecule has 1 aromatic heterocycles. The summed E-state index contributed by atoms with van der Waals surface area (Å²) in [5.74, 6) is 0. The van der Waals surface area contributed by atoms with Crippen LogP contribution < -0.4 is 5.73 Å². The van der Waals surface area contributed by atoms with Gasteiger partial charge in [-0.3, -0.25) is 0 Å². The Labute approximate surface area is 94.0 Å². The maximum atomic E-state index is 12.6. The van der Waals surface area contributed by atoms with Crippen LogP contribution in [0, 0.1) is 11.3 Å². The molecule has 0 saturated carbocycles. The first kappa shape index (κ1) is 11.9. The van der Waals surface area contributed by atoms with E-state index in [0.29, 0.717) is 5.56 Å². The number of halogens is 3. The van der Waals surface area contributed by atoms with Gasteiger partial charge in [-0.05, 0) is 11.6 Å². The molecule has 6 heteroatoms. The maximum Gasteiger partial charge on any atom is 0.280 e. The van der Waals surface area contributed by atoms with Crippen molar-refractivity contribution < 1.29 is 8.78 Å². The van der Waals surface area contributed by atoms with Gasteiger partial charge in [-0.1, -0.05) is 15.9 Å². The largest absolute Gasteiger partial charge is 0.397 e. The molecule has 0 radical (unpaired) electrons. The van der Waals surface area contributed by atoms with E-state index in [9.17, 15) is 8.78 Å². The third-order valence-corrected chi connectivity index (χ3v) is 2.45. The van der Waals surface area contributed by atoms with Crippen LogP contribution in [0.15, 0.2) is 6.07 Å². The summed E-state index contributed by atoms with van der Waals surface area (Å²) >= 11 is 3.08. The molecule has 1 aromatic rings. The number of alkyl halides is 3. The van der Waals surface area contributed by atoms with Crippen molar-refractivity contribution in [2.24, 2.45) is 0 Å². The molecule has 15 heavy (non-hydrogen) atoms. The van der Waals surface area contributed by atoms with E-state index in [-0.39, 0.29) is 28.8 Å². The molecule has 0 aliphatic rings. The normalized spacial score (nSPS) is 10.3. The number of rotatable bonds is 3. The van der Waals surface area contributed by atoms with Crippen LogP contribution in [0.4, 0.5) is 14.5 Å². The topological polar surface area (TPSA) is 62.7 Å². The van der Waals surface area contributed by atoms with Gasteiger partial charge >= 0.3 is 0 Å². The SMILES string of the molecule is N#CCc1nc(C(F)F)c(CBr)cc1N. The van der Waals surface area contributed by atoms with Crippen LogP contribution in [0.5, 0.6) is 0 Å². The van der Waals surface area contributed by atoms with Gasteiger partial charge in [-0.25, -0.2) is 13.8 Å². The molecular weight excluding hydrogens is 268 g/mol. The van der Waals surface area contributed by atoms with Gasteiger partial charge in [0.2, 0.25) is 0 Å². The Morgan fingerprint density at radius 3 is 2.73 bits per heavy atom. The van der Waals surface area contributed by atoms with E-state index in [1.54, 1.807) is 0 Å². The molecule has 0 bridgehead atoms. The van der Waals surface area contributed by atoms with E-state index in [0.717, 1.165) is 0 Å². The first-order valence-corrected chi connectivity index (χ1v) is 5.21. The summed E-state index contributed by atoms with van der Waals surface area (Å²) in [6, 6.07) is 3.26. The molecule has 3 nitrogen and oxygen atoms in total. The Morgan fingerprint density at radius 2 is 2.27 bits per heavy atom. The average Bonchev–Trinajstić information content (AvgIpc) is 2.20. The molecule has 0 unspecified atom stereocenters. The van der Waals surface area contributed by atoms with Gasteiger partial charge in [0.25, 0.3) is 6.43 Å². The minimum Gasteiger partial charge on any atom is -0.397 e. The second-order valence-corrected chi connectivity index (χ2v) is 3.40. The van der Waals surface area contributed by atoms with E-state index >= 15 is 0 Å². The molecule has 1 heterocycles. The van der Waals surface area contributed by atoms with Crippen molar-refractivity contribution in [3.8, 4) is 6.07 Å². The zero-order chi connectivity index (χ0) is 11.4. The average molecular weight is 276 g/mol. The zero-order valence-electron chi connectivity index (χ0n) is 7.67. The number of nitrogens with zero attached hydrogens (tertiary/aromatic N) is 2. The summed E-state index contributed by atoms with van der Waals surface area (Å²) in [4.78, 5) is 3.70. The summed E-state index contributed by atoms with van der Waals surface area (Å²) in [5.41, 5.74) is 6.09. The highest BCUT2D eigenvalue weighted by Crippen LogP contribution is 2.26. The second kappa shape index (κ2) is 5.03. The molecule has 0 aliphatic carbocycles. The molecule has 1 rings (SSSR count). The van der Waals surface area contributed by atoms with Gasteiger partial charge in [-0.15, -0.1) is 0 Å². The van der Waals surface area contributed by atoms with E-state index in [1.807, 2.05) is 6.07 Å². The van der Waals surface area contributed by atoms with Gasteiger partial charge in [0, 0.05) is 5.33 Å². The third kappa shape index (κ3) is 2.63. The number of pyridine rings is 1. The second-order valence-electron chi connectivity index (χ2n) is 2.84. The lowest BCUT2D eigenvalue weighted by molar-refractivity contribution is 0.145. The zero-order valence-corrected chi connectivity index (χ0v) is 9.26. The predicted octanol–water partition coefficient (Wildman–Crippen LogP) is 2.56. The number of nitriles is 1. The van der Waals surface area contributed by atoms with Crippen molar-refractivity contribution >= 4 is 21.6 Å². The van der Waals surface area contributed by atoms with E-state index in [2.05, 4.69) is 20.9 Å². The Morgan fingerprint density at radius 1 is 1.60 bits per heavy atom. The van der Waals surface area contributed by atoms with Crippen LogP contribution in [0.2, 0.25) is 0 Å². The van der Waals surface area contributed by atoms with Crippen LogP contribution in [0.1, 0.15) is 23.4 Å². The number of nitrogens with two attached hydrogens (primary N) is 1. The van der Waals surface area contributed by atoms with Gasteiger partial charge in [0.15, 0.2) is 0 Å². The van der Waals surface area contributed by atoms with Crippen molar-refractivity contribution in [3.05, 3.63) is 23.0 Å². The fourth-order valence-electron chi connectivity index (χ4n) is 1.14. The lowest BCUT2D eigenvalue weighted by Gasteiger charge is -2.09. The number of hydrogen-bond acceptors (Lipinski definition) is 3. The first-order chi connectivity index (χ1) is 7.10. The first-order valence-electron chi connectivity index (χ1n) is 4.09. The molecule has 0 amide bonds. The third-order valence-electron chi connectivity index (χ3n) is 1.84. The Balaban J connectivity index is 3.25. The van der Waals surface area contributed by atoms with Gasteiger partial charge in [0.05, 0.1) is 23.9 Å². The van der Waals surface area contributed by atoms with Gasteiger partial charge < -0.3 is 5.73 Å². The predicted molar refractivity (Wildman–Crippen MR) is 55.6 cm³/mol. The molecule has 2 N–H and O–H groups in total. The maximum absolute atomic E-state index is 12.6. The van der Waals surface area contributed by atoms with Crippen molar-refractivity contribution in [2.45, 2.75) is 18.2 Å². The fourth-order valence-corrected chi connectivity index (χ4v) is 1.59. The molecule has 0 saturated heterocycles. The van der Waals surface area contributed by atoms with Crippen LogP contribution in [-0.2, 0) is 11.8 Å². The van der Waals surface area contributed by atoms with Crippen molar-refractivity contribution in [1.29, 1.82) is 5.26 Å². The molecule has 0 atom stereocenters. The van der Waals surface area contributed by atoms with Crippen LogP contribution >= 0.6 is 15.9 Å². The summed E-state index contributed by atoms with van der Waals surface area (Å²) in [5, 5.41) is 8.72. The minimum atomic E-state index is -2.66. The van der Waals surface area contributed by atoms with E-state index < -0.39 is 6.43 Å². The van der Waals surface area contributed by atoms with Gasteiger partial charge in [0.1, 0.15) is 5.69 Å². The van der Waals surface area contributed by atoms with Gasteiger partial charge in [-0.2, -0.15) is 5.26 Å². The highest BCUT2D eigenvalue weighted by molar-refractivity contribution is 9.08. The molecule has 80 valence electrons. The molecule has 0 aromatic carbocycles. The van der Waals surface area contributed by atoms with Crippen LogP contribution in [-0.4, -0.2) is 4.98 Å². The number of hydrogen-bond donors (Lipinski definition) is 1. The number of aromatic nitrogens is 1. The molecular formula is C9H8BrF2N3. The summed E-state index contributed by atoms with van der Waals surface area (Å²) in [6.07, 6.45) is -2.72. The Hall–Kier alpha value is -1.22.